The Labute approximate surface area is 113 Å². The van der Waals surface area contributed by atoms with Crippen LogP contribution in [0, 0.1) is 18.7 Å². The first kappa shape index (κ1) is 14.4. The fraction of sp³-hybridized carbons (Fsp3) is 0.538. The molecule has 0 spiro atoms. The lowest BCUT2D eigenvalue weighted by Crippen LogP contribution is -2.50. The summed E-state index contributed by atoms with van der Waals surface area (Å²) in [6, 6.07) is 3.60. The molecule has 0 aliphatic carbocycles. The van der Waals surface area contributed by atoms with E-state index in [1.54, 1.807) is 6.92 Å². The van der Waals surface area contributed by atoms with Crippen molar-refractivity contribution in [3.05, 3.63) is 29.6 Å². The van der Waals surface area contributed by atoms with Crippen LogP contribution in [0.1, 0.15) is 18.9 Å². The molecule has 1 aromatic rings. The van der Waals surface area contributed by atoms with Crippen molar-refractivity contribution in [1.29, 1.82) is 0 Å². The SMILES string of the molecule is Cc1cc(F)ccc1S(=O)(=O)NC1CNCCC1C. The Morgan fingerprint density at radius 1 is 1.42 bits per heavy atom. The monoisotopic (exact) mass is 286 g/mol. The fourth-order valence-electron chi connectivity index (χ4n) is 2.32. The number of hydrogen-bond acceptors (Lipinski definition) is 3. The Morgan fingerprint density at radius 3 is 2.79 bits per heavy atom. The van der Waals surface area contributed by atoms with E-state index in [2.05, 4.69) is 10.0 Å². The molecule has 106 valence electrons. The Balaban J connectivity index is 2.22. The minimum absolute atomic E-state index is 0.122. The zero-order valence-electron chi connectivity index (χ0n) is 11.1. The Kier molecular flexibility index (Phi) is 4.23. The van der Waals surface area contributed by atoms with Crippen LogP contribution in [-0.4, -0.2) is 27.5 Å². The molecule has 1 saturated heterocycles. The molecular weight excluding hydrogens is 267 g/mol. The van der Waals surface area contributed by atoms with E-state index < -0.39 is 15.8 Å². The van der Waals surface area contributed by atoms with Crippen LogP contribution in [0.15, 0.2) is 23.1 Å². The predicted molar refractivity (Wildman–Crippen MR) is 71.9 cm³/mol. The third kappa shape index (κ3) is 3.32. The van der Waals surface area contributed by atoms with E-state index >= 15 is 0 Å². The van der Waals surface area contributed by atoms with Crippen molar-refractivity contribution < 1.29 is 12.8 Å². The van der Waals surface area contributed by atoms with Gasteiger partial charge in [0.2, 0.25) is 10.0 Å². The first-order valence-electron chi connectivity index (χ1n) is 6.39. The van der Waals surface area contributed by atoms with Crippen LogP contribution < -0.4 is 10.0 Å². The molecule has 1 aliphatic rings. The summed E-state index contributed by atoms with van der Waals surface area (Å²) in [4.78, 5) is 0.145. The van der Waals surface area contributed by atoms with E-state index in [0.717, 1.165) is 13.0 Å². The normalized spacial score (nSPS) is 24.4. The summed E-state index contributed by atoms with van der Waals surface area (Å²) in [6.45, 7) is 5.17. The lowest BCUT2D eigenvalue weighted by molar-refractivity contribution is 0.327. The Bertz CT molecular complexity index is 560. The molecule has 0 saturated carbocycles. The van der Waals surface area contributed by atoms with Crippen molar-refractivity contribution in [1.82, 2.24) is 10.0 Å². The van der Waals surface area contributed by atoms with Gasteiger partial charge in [0.05, 0.1) is 4.90 Å². The van der Waals surface area contributed by atoms with Gasteiger partial charge in [0.25, 0.3) is 0 Å². The first-order chi connectivity index (χ1) is 8.90. The van der Waals surface area contributed by atoms with Crippen molar-refractivity contribution in [2.24, 2.45) is 5.92 Å². The summed E-state index contributed by atoms with van der Waals surface area (Å²) < 4.78 is 40.4. The van der Waals surface area contributed by atoms with Gasteiger partial charge in [0.1, 0.15) is 5.82 Å². The molecule has 1 fully saturated rings. The summed E-state index contributed by atoms with van der Waals surface area (Å²) >= 11 is 0. The third-order valence-corrected chi connectivity index (χ3v) is 5.21. The van der Waals surface area contributed by atoms with Gasteiger partial charge in [-0.25, -0.2) is 17.5 Å². The quantitative estimate of drug-likeness (QED) is 0.883. The number of halogens is 1. The van der Waals surface area contributed by atoms with Crippen LogP contribution >= 0.6 is 0 Å². The molecule has 0 bridgehead atoms. The highest BCUT2D eigenvalue weighted by atomic mass is 32.2. The number of sulfonamides is 1. The lowest BCUT2D eigenvalue weighted by Gasteiger charge is -2.30. The van der Waals surface area contributed by atoms with Gasteiger partial charge in [-0.05, 0) is 49.6 Å². The number of aryl methyl sites for hydroxylation is 1. The number of piperidine rings is 1. The number of hydrogen-bond donors (Lipinski definition) is 2. The molecule has 1 aromatic carbocycles. The number of rotatable bonds is 3. The zero-order chi connectivity index (χ0) is 14.0. The number of benzene rings is 1. The fourth-order valence-corrected chi connectivity index (χ4v) is 3.90. The van der Waals surface area contributed by atoms with Gasteiger partial charge in [-0.1, -0.05) is 6.92 Å². The highest BCUT2D eigenvalue weighted by molar-refractivity contribution is 7.89. The smallest absolute Gasteiger partial charge is 0.241 e. The molecule has 2 atom stereocenters. The van der Waals surface area contributed by atoms with Gasteiger partial charge in [0, 0.05) is 12.6 Å². The molecule has 6 heteroatoms. The van der Waals surface area contributed by atoms with Crippen molar-refractivity contribution in [2.45, 2.75) is 31.2 Å². The maximum absolute atomic E-state index is 13.0. The van der Waals surface area contributed by atoms with E-state index in [4.69, 9.17) is 0 Å². The average molecular weight is 286 g/mol. The average Bonchev–Trinajstić information content (AvgIpc) is 2.31. The lowest BCUT2D eigenvalue weighted by atomic mass is 9.96. The van der Waals surface area contributed by atoms with Crippen LogP contribution in [0.4, 0.5) is 4.39 Å². The van der Waals surface area contributed by atoms with Gasteiger partial charge in [-0.15, -0.1) is 0 Å². The van der Waals surface area contributed by atoms with Gasteiger partial charge in [-0.2, -0.15) is 0 Å². The summed E-state index contributed by atoms with van der Waals surface area (Å²) in [6.07, 6.45) is 0.940. The Morgan fingerprint density at radius 2 is 2.16 bits per heavy atom. The molecule has 0 amide bonds. The number of nitrogens with one attached hydrogen (secondary N) is 2. The first-order valence-corrected chi connectivity index (χ1v) is 7.87. The summed E-state index contributed by atoms with van der Waals surface area (Å²) in [5, 5.41) is 3.18. The molecule has 1 aliphatic heterocycles. The molecule has 19 heavy (non-hydrogen) atoms. The standard InChI is InChI=1S/C13H19FN2O2S/c1-9-5-6-15-8-12(9)16-19(17,18)13-4-3-11(14)7-10(13)2/h3-4,7,9,12,15-16H,5-6,8H2,1-2H3. The second-order valence-electron chi connectivity index (χ2n) is 5.11. The topological polar surface area (TPSA) is 58.2 Å². The third-order valence-electron chi connectivity index (χ3n) is 3.56. The van der Waals surface area contributed by atoms with Crippen molar-refractivity contribution in [2.75, 3.05) is 13.1 Å². The van der Waals surface area contributed by atoms with E-state index in [9.17, 15) is 12.8 Å². The van der Waals surface area contributed by atoms with Gasteiger partial charge >= 0.3 is 0 Å². The van der Waals surface area contributed by atoms with Crippen LogP contribution in [0.5, 0.6) is 0 Å². The van der Waals surface area contributed by atoms with Crippen molar-refractivity contribution >= 4 is 10.0 Å². The molecule has 2 N–H and O–H groups in total. The van der Waals surface area contributed by atoms with E-state index in [1.165, 1.54) is 18.2 Å². The molecule has 1 heterocycles. The van der Waals surface area contributed by atoms with Crippen molar-refractivity contribution in [3.8, 4) is 0 Å². The minimum atomic E-state index is -3.60. The maximum Gasteiger partial charge on any atom is 0.241 e. The van der Waals surface area contributed by atoms with Crippen LogP contribution in [-0.2, 0) is 10.0 Å². The van der Waals surface area contributed by atoms with Gasteiger partial charge in [-0.3, -0.25) is 0 Å². The Hall–Kier alpha value is -0.980. The molecule has 2 rings (SSSR count). The van der Waals surface area contributed by atoms with Gasteiger partial charge in [0.15, 0.2) is 0 Å². The van der Waals surface area contributed by atoms with E-state index in [-0.39, 0.29) is 16.9 Å². The molecule has 2 unspecified atom stereocenters. The largest absolute Gasteiger partial charge is 0.315 e. The second kappa shape index (κ2) is 5.56. The van der Waals surface area contributed by atoms with E-state index in [0.29, 0.717) is 12.1 Å². The van der Waals surface area contributed by atoms with Crippen LogP contribution in [0.25, 0.3) is 0 Å². The zero-order valence-corrected chi connectivity index (χ0v) is 11.9. The van der Waals surface area contributed by atoms with Crippen LogP contribution in [0.3, 0.4) is 0 Å². The maximum atomic E-state index is 13.0. The van der Waals surface area contributed by atoms with Gasteiger partial charge < -0.3 is 5.32 Å². The van der Waals surface area contributed by atoms with Crippen molar-refractivity contribution in [3.63, 3.8) is 0 Å². The predicted octanol–water partition coefficient (Wildman–Crippen LogP) is 1.41. The van der Waals surface area contributed by atoms with E-state index in [1.807, 2.05) is 6.92 Å². The second-order valence-corrected chi connectivity index (χ2v) is 6.79. The molecule has 0 aromatic heterocycles. The minimum Gasteiger partial charge on any atom is -0.315 e. The summed E-state index contributed by atoms with van der Waals surface area (Å²) in [5.74, 6) is -0.138. The summed E-state index contributed by atoms with van der Waals surface area (Å²) in [5.41, 5.74) is 0.420. The molecule has 0 radical (unpaired) electrons. The highest BCUT2D eigenvalue weighted by Gasteiger charge is 2.27. The molecule has 4 nitrogen and oxygen atoms in total. The van der Waals surface area contributed by atoms with Crippen LogP contribution in [0.2, 0.25) is 0 Å². The summed E-state index contributed by atoms with van der Waals surface area (Å²) in [7, 11) is -3.60. The molecular formula is C13H19FN2O2S. The highest BCUT2D eigenvalue weighted by Crippen LogP contribution is 2.19.